The molecule has 0 radical (unpaired) electrons. The Bertz CT molecular complexity index is 371. The summed E-state index contributed by atoms with van der Waals surface area (Å²) in [5.41, 5.74) is 1.02. The number of benzene rings is 1. The standard InChI is InChI=1S/C11H13NO2S/c1-3-15-11-6-4-10(5-7-11)8-9(2)12(13)14/h4-8H,3H2,1-2H3. The van der Waals surface area contributed by atoms with Crippen LogP contribution >= 0.6 is 11.8 Å². The predicted octanol–water partition coefficient (Wildman–Crippen LogP) is 3.44. The lowest BCUT2D eigenvalue weighted by molar-refractivity contribution is -0.422. The molecular weight excluding hydrogens is 210 g/mol. The van der Waals surface area contributed by atoms with Crippen LogP contribution in [0.1, 0.15) is 19.4 Å². The van der Waals surface area contributed by atoms with Crippen molar-refractivity contribution in [2.45, 2.75) is 18.7 Å². The molecule has 0 aliphatic rings. The largest absolute Gasteiger partial charge is 0.259 e. The van der Waals surface area contributed by atoms with E-state index in [-0.39, 0.29) is 10.6 Å². The summed E-state index contributed by atoms with van der Waals surface area (Å²) in [5, 5.41) is 10.4. The third-order valence-corrected chi connectivity index (χ3v) is 2.75. The summed E-state index contributed by atoms with van der Waals surface area (Å²) < 4.78 is 0. The minimum atomic E-state index is -0.380. The van der Waals surface area contributed by atoms with Crippen LogP contribution in [0.4, 0.5) is 0 Å². The predicted molar refractivity (Wildman–Crippen MR) is 63.5 cm³/mol. The summed E-state index contributed by atoms with van der Waals surface area (Å²) >= 11 is 1.75. The van der Waals surface area contributed by atoms with E-state index in [1.54, 1.807) is 17.8 Å². The Kier molecular flexibility index (Phi) is 4.37. The molecule has 0 fully saturated rings. The summed E-state index contributed by atoms with van der Waals surface area (Å²) in [4.78, 5) is 11.2. The molecule has 15 heavy (non-hydrogen) atoms. The van der Waals surface area contributed by atoms with Gasteiger partial charge in [0.25, 0.3) is 0 Å². The Morgan fingerprint density at radius 2 is 2.07 bits per heavy atom. The molecule has 1 aromatic rings. The van der Waals surface area contributed by atoms with Gasteiger partial charge in [-0.15, -0.1) is 11.8 Å². The minimum absolute atomic E-state index is 0.158. The SMILES string of the molecule is CCSc1ccc(C=C(C)[N+](=O)[O-])cc1. The van der Waals surface area contributed by atoms with Crippen LogP contribution in [0.25, 0.3) is 6.08 Å². The second-order valence-electron chi connectivity index (χ2n) is 3.04. The molecule has 0 saturated carbocycles. The summed E-state index contributed by atoms with van der Waals surface area (Å²) in [6.45, 7) is 3.59. The Morgan fingerprint density at radius 3 is 2.53 bits per heavy atom. The van der Waals surface area contributed by atoms with Gasteiger partial charge < -0.3 is 0 Å². The first-order chi connectivity index (χ1) is 7.13. The van der Waals surface area contributed by atoms with Crippen LogP contribution in [-0.4, -0.2) is 10.7 Å². The molecule has 3 nitrogen and oxygen atoms in total. The summed E-state index contributed by atoms with van der Waals surface area (Å²) in [7, 11) is 0. The van der Waals surface area contributed by atoms with Crippen molar-refractivity contribution >= 4 is 17.8 Å². The van der Waals surface area contributed by atoms with E-state index in [1.807, 2.05) is 24.3 Å². The van der Waals surface area contributed by atoms with Crippen molar-refractivity contribution in [1.29, 1.82) is 0 Å². The number of allylic oxidation sites excluding steroid dienone is 1. The third-order valence-electron chi connectivity index (χ3n) is 1.85. The molecule has 0 aromatic heterocycles. The Labute approximate surface area is 93.3 Å². The normalized spacial score (nSPS) is 11.5. The maximum absolute atomic E-state index is 10.4. The molecule has 0 amide bonds. The summed E-state index contributed by atoms with van der Waals surface area (Å²) in [6, 6.07) is 7.75. The average Bonchev–Trinajstić information content (AvgIpc) is 2.21. The van der Waals surface area contributed by atoms with Gasteiger partial charge in [0.15, 0.2) is 0 Å². The molecule has 0 unspecified atom stereocenters. The Hall–Kier alpha value is -1.29. The third kappa shape index (κ3) is 3.75. The van der Waals surface area contributed by atoms with Gasteiger partial charge in [0.1, 0.15) is 0 Å². The lowest BCUT2D eigenvalue weighted by atomic mass is 10.2. The van der Waals surface area contributed by atoms with Crippen molar-refractivity contribution in [3.05, 3.63) is 45.6 Å². The van der Waals surface area contributed by atoms with Crippen LogP contribution in [0.15, 0.2) is 34.9 Å². The number of nitro groups is 1. The molecule has 4 heteroatoms. The molecule has 80 valence electrons. The highest BCUT2D eigenvalue weighted by Crippen LogP contribution is 2.18. The van der Waals surface area contributed by atoms with Gasteiger partial charge in [-0.3, -0.25) is 10.1 Å². The van der Waals surface area contributed by atoms with Crippen molar-refractivity contribution in [2.24, 2.45) is 0 Å². The smallest absolute Gasteiger partial charge is 0.243 e. The van der Waals surface area contributed by atoms with Crippen LogP contribution in [0.2, 0.25) is 0 Å². The highest BCUT2D eigenvalue weighted by atomic mass is 32.2. The molecule has 0 aliphatic heterocycles. The molecule has 0 N–H and O–H groups in total. The quantitative estimate of drug-likeness (QED) is 0.446. The highest BCUT2D eigenvalue weighted by molar-refractivity contribution is 7.99. The zero-order valence-corrected chi connectivity index (χ0v) is 9.58. The van der Waals surface area contributed by atoms with Crippen LogP contribution in [-0.2, 0) is 0 Å². The van der Waals surface area contributed by atoms with Crippen molar-refractivity contribution in [3.8, 4) is 0 Å². The molecule has 0 spiro atoms. The fourth-order valence-corrected chi connectivity index (χ4v) is 1.78. The number of thioether (sulfide) groups is 1. The van der Waals surface area contributed by atoms with E-state index in [9.17, 15) is 10.1 Å². The first kappa shape index (κ1) is 11.8. The first-order valence-corrected chi connectivity index (χ1v) is 5.67. The maximum atomic E-state index is 10.4. The molecule has 0 bridgehead atoms. The van der Waals surface area contributed by atoms with Crippen molar-refractivity contribution in [3.63, 3.8) is 0 Å². The number of rotatable bonds is 4. The van der Waals surface area contributed by atoms with Crippen LogP contribution in [0, 0.1) is 10.1 Å². The monoisotopic (exact) mass is 223 g/mol. The second kappa shape index (κ2) is 5.56. The van der Waals surface area contributed by atoms with E-state index in [4.69, 9.17) is 0 Å². The van der Waals surface area contributed by atoms with Crippen molar-refractivity contribution in [2.75, 3.05) is 5.75 Å². The summed E-state index contributed by atoms with van der Waals surface area (Å²) in [5.74, 6) is 1.03. The van der Waals surface area contributed by atoms with E-state index >= 15 is 0 Å². The second-order valence-corrected chi connectivity index (χ2v) is 4.38. The fourth-order valence-electron chi connectivity index (χ4n) is 1.12. The summed E-state index contributed by atoms with van der Waals surface area (Å²) in [6.07, 6.45) is 1.57. The lowest BCUT2D eigenvalue weighted by Crippen LogP contribution is -1.92. The van der Waals surface area contributed by atoms with E-state index in [1.165, 1.54) is 11.8 Å². The molecule has 1 aromatic carbocycles. The highest BCUT2D eigenvalue weighted by Gasteiger charge is 2.01. The van der Waals surface area contributed by atoms with E-state index in [2.05, 4.69) is 6.92 Å². The van der Waals surface area contributed by atoms with Gasteiger partial charge in [-0.1, -0.05) is 19.1 Å². The Morgan fingerprint density at radius 1 is 1.47 bits per heavy atom. The van der Waals surface area contributed by atoms with Crippen LogP contribution in [0.5, 0.6) is 0 Å². The minimum Gasteiger partial charge on any atom is -0.259 e. The molecule has 0 aliphatic carbocycles. The van der Waals surface area contributed by atoms with Gasteiger partial charge in [-0.2, -0.15) is 0 Å². The van der Waals surface area contributed by atoms with Crippen LogP contribution < -0.4 is 0 Å². The molecular formula is C11H13NO2S. The van der Waals surface area contributed by atoms with Crippen molar-refractivity contribution in [1.82, 2.24) is 0 Å². The van der Waals surface area contributed by atoms with E-state index in [0.29, 0.717) is 0 Å². The van der Waals surface area contributed by atoms with Gasteiger partial charge in [0.2, 0.25) is 5.70 Å². The molecule has 1 rings (SSSR count). The number of nitrogens with zero attached hydrogens (tertiary/aromatic N) is 1. The van der Waals surface area contributed by atoms with Gasteiger partial charge in [0.05, 0.1) is 4.92 Å². The topological polar surface area (TPSA) is 43.1 Å². The van der Waals surface area contributed by atoms with E-state index in [0.717, 1.165) is 11.3 Å². The fraction of sp³-hybridized carbons (Fsp3) is 0.273. The molecule has 0 heterocycles. The average molecular weight is 223 g/mol. The first-order valence-electron chi connectivity index (χ1n) is 4.69. The lowest BCUT2D eigenvalue weighted by Gasteiger charge is -1.98. The van der Waals surface area contributed by atoms with Crippen LogP contribution in [0.3, 0.4) is 0 Å². The van der Waals surface area contributed by atoms with Crippen molar-refractivity contribution < 1.29 is 4.92 Å². The number of hydrogen-bond acceptors (Lipinski definition) is 3. The van der Waals surface area contributed by atoms with Gasteiger partial charge >= 0.3 is 0 Å². The number of hydrogen-bond donors (Lipinski definition) is 0. The zero-order valence-electron chi connectivity index (χ0n) is 8.77. The van der Waals surface area contributed by atoms with E-state index < -0.39 is 0 Å². The molecule has 0 saturated heterocycles. The zero-order chi connectivity index (χ0) is 11.3. The Balaban J connectivity index is 2.80. The maximum Gasteiger partial charge on any atom is 0.243 e. The molecule has 0 atom stereocenters. The van der Waals surface area contributed by atoms with Gasteiger partial charge in [0, 0.05) is 17.9 Å². The van der Waals surface area contributed by atoms with Gasteiger partial charge in [-0.05, 0) is 23.4 Å². The van der Waals surface area contributed by atoms with Gasteiger partial charge in [-0.25, -0.2) is 0 Å².